The molecule has 1 rings (SSSR count). The molecule has 1 amide bonds. The lowest BCUT2D eigenvalue weighted by Crippen LogP contribution is -2.29. The molecular formula is C9H11FN2O2. The molecule has 0 saturated carbocycles. The zero-order valence-electron chi connectivity index (χ0n) is 7.46. The minimum atomic E-state index is -0.585. The molecule has 0 aliphatic heterocycles. The third kappa shape index (κ3) is 2.43. The Bertz CT molecular complexity index is 342. The fraction of sp³-hybridized carbons (Fsp3) is 0.222. The summed E-state index contributed by atoms with van der Waals surface area (Å²) in [6.45, 7) is 0.628. The first-order valence-electron chi connectivity index (χ1n) is 4.12. The average molecular weight is 198 g/mol. The second-order valence-electron chi connectivity index (χ2n) is 2.71. The number of nitrogens with one attached hydrogen (secondary N) is 1. The minimum absolute atomic E-state index is 0.0415. The lowest BCUT2D eigenvalue weighted by molar-refractivity contribution is 0.0952. The van der Waals surface area contributed by atoms with E-state index in [0.717, 1.165) is 12.1 Å². The predicted octanol–water partition coefficient (Wildman–Crippen LogP) is 0.220. The molecule has 4 nitrogen and oxygen atoms in total. The Morgan fingerprint density at radius 2 is 2.29 bits per heavy atom. The monoisotopic (exact) mass is 198 g/mol. The summed E-state index contributed by atoms with van der Waals surface area (Å²) in [4.78, 5) is 11.3. The van der Waals surface area contributed by atoms with E-state index in [2.05, 4.69) is 5.32 Å². The van der Waals surface area contributed by atoms with Gasteiger partial charge in [0, 0.05) is 19.2 Å². The van der Waals surface area contributed by atoms with Crippen molar-refractivity contribution in [2.24, 2.45) is 5.73 Å². The van der Waals surface area contributed by atoms with Crippen LogP contribution in [0.5, 0.6) is 5.75 Å². The van der Waals surface area contributed by atoms with Crippen LogP contribution >= 0.6 is 0 Å². The second kappa shape index (κ2) is 4.57. The van der Waals surface area contributed by atoms with Crippen molar-refractivity contribution in [3.05, 3.63) is 29.6 Å². The van der Waals surface area contributed by atoms with Crippen LogP contribution in [0, 0.1) is 5.82 Å². The van der Waals surface area contributed by atoms with E-state index >= 15 is 0 Å². The van der Waals surface area contributed by atoms with E-state index in [1.807, 2.05) is 0 Å². The van der Waals surface area contributed by atoms with E-state index in [0.29, 0.717) is 13.1 Å². The van der Waals surface area contributed by atoms with Gasteiger partial charge in [0.25, 0.3) is 5.91 Å². The molecule has 0 spiro atoms. The van der Waals surface area contributed by atoms with Gasteiger partial charge in [-0.3, -0.25) is 4.79 Å². The van der Waals surface area contributed by atoms with Gasteiger partial charge in [0.1, 0.15) is 11.6 Å². The summed E-state index contributed by atoms with van der Waals surface area (Å²) in [7, 11) is 0. The Labute approximate surface area is 80.5 Å². The number of aromatic hydroxyl groups is 1. The molecule has 5 heteroatoms. The van der Waals surface area contributed by atoms with Crippen LogP contribution < -0.4 is 11.1 Å². The first-order chi connectivity index (χ1) is 6.65. The highest BCUT2D eigenvalue weighted by molar-refractivity contribution is 5.96. The third-order valence-electron chi connectivity index (χ3n) is 1.63. The fourth-order valence-electron chi connectivity index (χ4n) is 0.978. The maximum Gasteiger partial charge on any atom is 0.255 e. The Hall–Kier alpha value is -1.62. The van der Waals surface area contributed by atoms with Gasteiger partial charge in [0.2, 0.25) is 0 Å². The van der Waals surface area contributed by atoms with Crippen molar-refractivity contribution in [3.63, 3.8) is 0 Å². The van der Waals surface area contributed by atoms with Crippen LogP contribution in [0.4, 0.5) is 4.39 Å². The van der Waals surface area contributed by atoms with Gasteiger partial charge in [0.05, 0.1) is 5.56 Å². The van der Waals surface area contributed by atoms with Crippen LogP contribution in [0.2, 0.25) is 0 Å². The first kappa shape index (κ1) is 10.5. The quantitative estimate of drug-likeness (QED) is 0.650. The molecular weight excluding hydrogens is 187 g/mol. The van der Waals surface area contributed by atoms with Gasteiger partial charge in [-0.25, -0.2) is 4.39 Å². The molecule has 14 heavy (non-hydrogen) atoms. The van der Waals surface area contributed by atoms with Gasteiger partial charge < -0.3 is 16.2 Å². The summed E-state index contributed by atoms with van der Waals surface area (Å²) >= 11 is 0. The summed E-state index contributed by atoms with van der Waals surface area (Å²) in [5.74, 6) is -1.43. The molecule has 4 N–H and O–H groups in total. The van der Waals surface area contributed by atoms with Crippen LogP contribution in [0.15, 0.2) is 18.2 Å². The Morgan fingerprint density at radius 1 is 1.57 bits per heavy atom. The normalized spacial score (nSPS) is 9.86. The topological polar surface area (TPSA) is 75.3 Å². The van der Waals surface area contributed by atoms with Crippen LogP contribution in [-0.2, 0) is 0 Å². The molecule has 0 bridgehead atoms. The summed E-state index contributed by atoms with van der Waals surface area (Å²) < 4.78 is 12.6. The molecule has 0 saturated heterocycles. The molecule has 0 radical (unpaired) electrons. The highest BCUT2D eigenvalue weighted by Gasteiger charge is 2.10. The molecule has 0 fully saturated rings. The number of benzene rings is 1. The number of hydrogen-bond donors (Lipinski definition) is 3. The van der Waals surface area contributed by atoms with E-state index in [1.54, 1.807) is 0 Å². The minimum Gasteiger partial charge on any atom is -0.507 e. The van der Waals surface area contributed by atoms with E-state index in [9.17, 15) is 14.3 Å². The van der Waals surface area contributed by atoms with Crippen LogP contribution in [0.25, 0.3) is 0 Å². The van der Waals surface area contributed by atoms with E-state index in [-0.39, 0.29) is 11.3 Å². The number of carbonyl (C=O) groups is 1. The van der Waals surface area contributed by atoms with E-state index in [4.69, 9.17) is 5.73 Å². The number of rotatable bonds is 3. The maximum atomic E-state index is 12.6. The van der Waals surface area contributed by atoms with Crippen molar-refractivity contribution in [2.75, 3.05) is 13.1 Å². The summed E-state index contributed by atoms with van der Waals surface area (Å²) in [6.07, 6.45) is 0. The summed E-state index contributed by atoms with van der Waals surface area (Å²) in [5.41, 5.74) is 5.22. The molecule has 0 unspecified atom stereocenters. The standard InChI is InChI=1S/C9H11FN2O2/c10-6-1-2-7(8(13)5-6)9(14)12-4-3-11/h1-2,5,13H,3-4,11H2,(H,12,14). The number of phenols is 1. The van der Waals surface area contributed by atoms with Crippen LogP contribution in [0.1, 0.15) is 10.4 Å². The molecule has 1 aromatic carbocycles. The molecule has 0 heterocycles. The first-order valence-corrected chi connectivity index (χ1v) is 4.12. The lowest BCUT2D eigenvalue weighted by Gasteiger charge is -2.05. The molecule has 0 atom stereocenters. The number of amides is 1. The van der Waals surface area contributed by atoms with Gasteiger partial charge in [0.15, 0.2) is 0 Å². The van der Waals surface area contributed by atoms with Gasteiger partial charge in [-0.1, -0.05) is 0 Å². The summed E-state index contributed by atoms with van der Waals surface area (Å²) in [5, 5.41) is 11.7. The smallest absolute Gasteiger partial charge is 0.255 e. The number of hydrogen-bond acceptors (Lipinski definition) is 3. The van der Waals surface area contributed by atoms with Crippen LogP contribution in [0.3, 0.4) is 0 Å². The largest absolute Gasteiger partial charge is 0.507 e. The molecule has 0 aromatic heterocycles. The van der Waals surface area contributed by atoms with Crippen molar-refractivity contribution in [1.29, 1.82) is 0 Å². The molecule has 76 valence electrons. The SMILES string of the molecule is NCCNC(=O)c1ccc(F)cc1O. The average Bonchev–Trinajstić information content (AvgIpc) is 2.14. The van der Waals surface area contributed by atoms with Crippen molar-refractivity contribution in [3.8, 4) is 5.75 Å². The Kier molecular flexibility index (Phi) is 3.41. The highest BCUT2D eigenvalue weighted by Crippen LogP contribution is 2.17. The van der Waals surface area contributed by atoms with Crippen molar-refractivity contribution in [2.45, 2.75) is 0 Å². The van der Waals surface area contributed by atoms with E-state index in [1.165, 1.54) is 6.07 Å². The van der Waals surface area contributed by atoms with Gasteiger partial charge >= 0.3 is 0 Å². The van der Waals surface area contributed by atoms with E-state index < -0.39 is 11.7 Å². The molecule has 0 aliphatic rings. The number of phenolic OH excluding ortho intramolecular Hbond substituents is 1. The Balaban J connectivity index is 2.80. The second-order valence-corrected chi connectivity index (χ2v) is 2.71. The zero-order valence-corrected chi connectivity index (χ0v) is 7.46. The van der Waals surface area contributed by atoms with Gasteiger partial charge in [-0.05, 0) is 12.1 Å². The third-order valence-corrected chi connectivity index (χ3v) is 1.63. The molecule has 1 aromatic rings. The number of nitrogens with two attached hydrogens (primary N) is 1. The zero-order chi connectivity index (χ0) is 10.6. The predicted molar refractivity (Wildman–Crippen MR) is 49.5 cm³/mol. The number of carbonyl (C=O) groups excluding carboxylic acids is 1. The Morgan fingerprint density at radius 3 is 2.86 bits per heavy atom. The fourth-order valence-corrected chi connectivity index (χ4v) is 0.978. The van der Waals surface area contributed by atoms with Gasteiger partial charge in [-0.2, -0.15) is 0 Å². The van der Waals surface area contributed by atoms with Crippen molar-refractivity contribution in [1.82, 2.24) is 5.32 Å². The maximum absolute atomic E-state index is 12.6. The summed E-state index contributed by atoms with van der Waals surface area (Å²) in [6, 6.07) is 3.21. The van der Waals surface area contributed by atoms with Crippen molar-refractivity contribution < 1.29 is 14.3 Å². The van der Waals surface area contributed by atoms with Gasteiger partial charge in [-0.15, -0.1) is 0 Å². The molecule has 0 aliphatic carbocycles. The van der Waals surface area contributed by atoms with Crippen LogP contribution in [-0.4, -0.2) is 24.1 Å². The number of halogens is 1. The highest BCUT2D eigenvalue weighted by atomic mass is 19.1. The lowest BCUT2D eigenvalue weighted by atomic mass is 10.2. The van der Waals surface area contributed by atoms with Crippen molar-refractivity contribution >= 4 is 5.91 Å².